The predicted molar refractivity (Wildman–Crippen MR) is 345 cm³/mol. The maximum absolute atomic E-state index is 5.90. The number of nitrogens with zero attached hydrogens (tertiary/aromatic N) is 2. The van der Waals surface area contributed by atoms with Gasteiger partial charge < -0.3 is 9.97 Å². The van der Waals surface area contributed by atoms with Crippen molar-refractivity contribution in [3.63, 3.8) is 0 Å². The lowest BCUT2D eigenvalue weighted by atomic mass is 9.78. The molecule has 11 aromatic rings. The van der Waals surface area contributed by atoms with E-state index in [1.807, 2.05) is 0 Å². The second-order valence-corrected chi connectivity index (χ2v) is 26.5. The molecule has 0 amide bonds. The fourth-order valence-corrected chi connectivity index (χ4v) is 12.2. The fraction of sp³-hybridized carbons (Fsp3) is 0.211. The number of nitrogens with one attached hydrogen (secondary N) is 2. The van der Waals surface area contributed by atoms with Gasteiger partial charge in [0.25, 0.3) is 0 Å². The molecule has 0 saturated heterocycles. The number of hydrogen-bond donors (Lipinski definition) is 2. The van der Waals surface area contributed by atoms with E-state index in [1.54, 1.807) is 0 Å². The summed E-state index contributed by atoms with van der Waals surface area (Å²) in [7, 11) is 0. The number of hydrogen-bond acceptors (Lipinski definition) is 2. The lowest BCUT2D eigenvalue weighted by Crippen LogP contribution is -2.16. The Morgan fingerprint density at radius 1 is 0.263 bits per heavy atom. The molecule has 394 valence electrons. The monoisotopic (exact) mass is 1040 g/mol. The molecule has 13 rings (SSSR count). The van der Waals surface area contributed by atoms with Crippen molar-refractivity contribution in [1.82, 2.24) is 19.9 Å². The molecule has 8 bridgehead atoms. The van der Waals surface area contributed by atoms with Crippen molar-refractivity contribution in [3.8, 4) is 44.5 Å². The van der Waals surface area contributed by atoms with Crippen LogP contribution in [-0.2, 0) is 21.7 Å². The Kier molecular flexibility index (Phi) is 11.8. The quantitative estimate of drug-likeness (QED) is 0.173. The van der Waals surface area contributed by atoms with E-state index in [1.165, 1.54) is 65.3 Å². The smallest absolute Gasteiger partial charge is 0.0737 e. The highest BCUT2D eigenvalue weighted by molar-refractivity contribution is 6.18. The zero-order valence-electron chi connectivity index (χ0n) is 48.4. The van der Waals surface area contributed by atoms with Crippen LogP contribution < -0.4 is 0 Å². The van der Waals surface area contributed by atoms with Crippen molar-refractivity contribution in [3.05, 3.63) is 215 Å². The van der Waals surface area contributed by atoms with Crippen molar-refractivity contribution in [2.45, 2.75) is 105 Å². The number of aromatic nitrogens is 4. The lowest BCUT2D eigenvalue weighted by Gasteiger charge is -2.26. The van der Waals surface area contributed by atoms with Gasteiger partial charge in [0, 0.05) is 55.4 Å². The van der Waals surface area contributed by atoms with E-state index in [9.17, 15) is 0 Å². The molecule has 0 saturated carbocycles. The largest absolute Gasteiger partial charge is 0.354 e. The third kappa shape index (κ3) is 8.86. The molecule has 0 fully saturated rings. The van der Waals surface area contributed by atoms with Gasteiger partial charge in [-0.25, -0.2) is 9.97 Å². The Labute approximate surface area is 471 Å². The van der Waals surface area contributed by atoms with Crippen molar-refractivity contribution in [1.29, 1.82) is 0 Å². The van der Waals surface area contributed by atoms with E-state index in [-0.39, 0.29) is 21.7 Å². The summed E-state index contributed by atoms with van der Waals surface area (Å²) in [5.74, 6) is 0. The molecule has 3 aromatic heterocycles. The molecule has 4 heteroatoms. The average Bonchev–Trinajstić information content (AvgIpc) is 4.29. The van der Waals surface area contributed by atoms with Gasteiger partial charge in [-0.15, -0.1) is 0 Å². The molecular weight excluding hydrogens is 969 g/mol. The molecule has 4 nitrogen and oxygen atoms in total. The molecule has 0 unspecified atom stereocenters. The second-order valence-electron chi connectivity index (χ2n) is 26.5. The zero-order chi connectivity index (χ0) is 55.6. The SMILES string of the molecule is CC(C)(C)c1cc(-c2c3nc(c(-c4c5ccccc5cc5ccccc45)c4ccc([nH]4)c(-c4cc(C(C)(C)C)cc(C(C)(C)C)c4)c4nc(c(-c5c6ccccc6cc6ccccc56)c5ccc2[nH]5)C=C4)C=C3)cc(C(C)(C)C)c1. The Bertz CT molecular complexity index is 4150. The maximum Gasteiger partial charge on any atom is 0.0737 e. The van der Waals surface area contributed by atoms with Gasteiger partial charge in [0.15, 0.2) is 0 Å². The fourth-order valence-electron chi connectivity index (χ4n) is 12.2. The van der Waals surface area contributed by atoms with Gasteiger partial charge in [0.1, 0.15) is 0 Å². The van der Waals surface area contributed by atoms with Crippen LogP contribution in [0.4, 0.5) is 0 Å². The summed E-state index contributed by atoms with van der Waals surface area (Å²) in [6.45, 7) is 27.8. The highest BCUT2D eigenvalue weighted by Gasteiger charge is 2.27. The number of fused-ring (bicyclic) bond motifs is 12. The van der Waals surface area contributed by atoms with Crippen LogP contribution in [0.25, 0.3) is 134 Å². The summed E-state index contributed by atoms with van der Waals surface area (Å²) in [4.78, 5) is 20.1. The first kappa shape index (κ1) is 50.9. The van der Waals surface area contributed by atoms with E-state index < -0.39 is 0 Å². The van der Waals surface area contributed by atoms with Gasteiger partial charge in [-0.1, -0.05) is 217 Å². The molecule has 0 spiro atoms. The van der Waals surface area contributed by atoms with Crippen LogP contribution in [0, 0.1) is 0 Å². The summed E-state index contributed by atoms with van der Waals surface area (Å²) in [6.07, 6.45) is 8.99. The lowest BCUT2D eigenvalue weighted by molar-refractivity contribution is 0.568. The molecule has 80 heavy (non-hydrogen) atoms. The maximum atomic E-state index is 5.90. The number of benzene rings is 8. The van der Waals surface area contributed by atoms with Crippen molar-refractivity contribution >= 4 is 89.5 Å². The number of aromatic amines is 2. The Balaban J connectivity index is 1.27. The molecule has 8 aromatic carbocycles. The van der Waals surface area contributed by atoms with Gasteiger partial charge in [-0.2, -0.15) is 0 Å². The van der Waals surface area contributed by atoms with Crippen molar-refractivity contribution < 1.29 is 0 Å². The molecule has 0 radical (unpaired) electrons. The summed E-state index contributed by atoms with van der Waals surface area (Å²) < 4.78 is 0. The van der Waals surface area contributed by atoms with E-state index >= 15 is 0 Å². The summed E-state index contributed by atoms with van der Waals surface area (Å²) in [5, 5.41) is 9.41. The van der Waals surface area contributed by atoms with Crippen LogP contribution in [0.5, 0.6) is 0 Å². The molecule has 2 aliphatic rings. The van der Waals surface area contributed by atoms with E-state index in [0.29, 0.717) is 0 Å². The van der Waals surface area contributed by atoms with Crippen LogP contribution in [0.2, 0.25) is 0 Å². The Morgan fingerprint density at radius 3 is 0.787 bits per heavy atom. The first-order valence-electron chi connectivity index (χ1n) is 28.5. The van der Waals surface area contributed by atoms with E-state index in [2.05, 4.69) is 287 Å². The normalized spacial score (nSPS) is 13.2. The predicted octanol–water partition coefficient (Wildman–Crippen LogP) is 21.1. The molecular formula is C76H70N4. The third-order valence-electron chi connectivity index (χ3n) is 16.7. The average molecular weight is 1040 g/mol. The van der Waals surface area contributed by atoms with Crippen LogP contribution >= 0.6 is 0 Å². The number of H-pyrrole nitrogens is 2. The highest BCUT2D eigenvalue weighted by atomic mass is 14.8. The van der Waals surface area contributed by atoms with Gasteiger partial charge in [0.05, 0.1) is 22.8 Å². The minimum absolute atomic E-state index is 0.113. The minimum Gasteiger partial charge on any atom is -0.354 e. The first-order chi connectivity index (χ1) is 38.2. The number of rotatable bonds is 4. The summed E-state index contributed by atoms with van der Waals surface area (Å²) in [5.41, 5.74) is 20.9. The summed E-state index contributed by atoms with van der Waals surface area (Å²) in [6, 6.07) is 63.5. The first-order valence-corrected chi connectivity index (χ1v) is 28.5. The van der Waals surface area contributed by atoms with Crippen molar-refractivity contribution in [2.24, 2.45) is 0 Å². The van der Waals surface area contributed by atoms with E-state index in [4.69, 9.17) is 9.97 Å². The molecule has 2 aliphatic heterocycles. The van der Waals surface area contributed by atoms with Gasteiger partial charge >= 0.3 is 0 Å². The summed E-state index contributed by atoms with van der Waals surface area (Å²) >= 11 is 0. The van der Waals surface area contributed by atoms with Crippen LogP contribution in [0.1, 0.15) is 128 Å². The van der Waals surface area contributed by atoms with Crippen LogP contribution in [0.3, 0.4) is 0 Å². The standard InChI is InChI=1S/C76H70N4/c1-73(2,3)51-39-49(40-52(43-51)74(4,5)6)67-59-29-33-63(77-59)71(69-55-25-17-13-21-45(55)37-46-22-14-18-26-56(46)69)65-35-31-61(79-65)68(50-41-53(75(7,8)9)44-54(42-50)76(10,11)12)62-32-36-66(80-62)72(64-34-30-60(67)78-64)70-57-27-19-15-23-47(57)38-48-24-16-20-28-58(48)70/h13-44,77,80H,1-12H3. The second kappa shape index (κ2) is 18.5. The highest BCUT2D eigenvalue weighted by Crippen LogP contribution is 2.46. The van der Waals surface area contributed by atoms with Gasteiger partial charge in [0.2, 0.25) is 0 Å². The minimum atomic E-state index is -0.113. The topological polar surface area (TPSA) is 57.4 Å². The molecule has 2 N–H and O–H groups in total. The zero-order valence-corrected chi connectivity index (χ0v) is 48.4. The van der Waals surface area contributed by atoms with Crippen LogP contribution in [0.15, 0.2) is 170 Å². The van der Waals surface area contributed by atoms with Gasteiger partial charge in [-0.05, 0) is 159 Å². The van der Waals surface area contributed by atoms with Gasteiger partial charge in [-0.3, -0.25) is 0 Å². The Morgan fingerprint density at radius 2 is 0.512 bits per heavy atom. The van der Waals surface area contributed by atoms with Crippen molar-refractivity contribution in [2.75, 3.05) is 0 Å². The molecule has 0 atom stereocenters. The van der Waals surface area contributed by atoms with Crippen LogP contribution in [-0.4, -0.2) is 19.9 Å². The Hall–Kier alpha value is -8.60. The van der Waals surface area contributed by atoms with E-state index in [0.717, 1.165) is 89.4 Å². The third-order valence-corrected chi connectivity index (χ3v) is 16.7. The molecule has 0 aliphatic carbocycles. The molecule has 5 heterocycles.